The summed E-state index contributed by atoms with van der Waals surface area (Å²) < 4.78 is 38.8. The monoisotopic (exact) mass is 366 g/mol. The molecule has 0 saturated heterocycles. The number of fused-ring (bicyclic) bond motifs is 1. The lowest BCUT2D eigenvalue weighted by Crippen LogP contribution is -2.13. The molecule has 1 unspecified atom stereocenters. The topological polar surface area (TPSA) is 27.8 Å². The molecule has 136 valence electrons. The molecule has 0 aliphatic heterocycles. The highest BCUT2D eigenvalue weighted by Gasteiger charge is 2.30. The van der Waals surface area contributed by atoms with E-state index in [1.54, 1.807) is 0 Å². The van der Waals surface area contributed by atoms with E-state index >= 15 is 0 Å². The lowest BCUT2D eigenvalue weighted by Gasteiger charge is -2.21. The number of nitrogens with one attached hydrogen (secondary N) is 2. The average Bonchev–Trinajstić information content (AvgIpc) is 3.10. The van der Waals surface area contributed by atoms with Crippen molar-refractivity contribution in [2.45, 2.75) is 12.2 Å². The summed E-state index contributed by atoms with van der Waals surface area (Å²) in [6.45, 7) is 0. The Balaban J connectivity index is 1.79. The maximum absolute atomic E-state index is 12.9. The van der Waals surface area contributed by atoms with Crippen LogP contribution in [0.3, 0.4) is 0 Å². The van der Waals surface area contributed by atoms with Crippen molar-refractivity contribution in [3.05, 3.63) is 102 Å². The van der Waals surface area contributed by atoms with Gasteiger partial charge in [0.25, 0.3) is 0 Å². The van der Waals surface area contributed by atoms with Crippen molar-refractivity contribution < 1.29 is 13.2 Å². The number of hydrogen-bond acceptors (Lipinski definition) is 1. The number of aromatic nitrogens is 1. The van der Waals surface area contributed by atoms with E-state index in [2.05, 4.69) is 10.3 Å². The summed E-state index contributed by atoms with van der Waals surface area (Å²) in [7, 11) is 0. The van der Waals surface area contributed by atoms with Crippen molar-refractivity contribution >= 4 is 16.6 Å². The molecule has 0 saturated carbocycles. The van der Waals surface area contributed by atoms with Crippen molar-refractivity contribution in [3.8, 4) is 0 Å². The molecular formula is C22H17F3N2. The van der Waals surface area contributed by atoms with E-state index in [1.165, 1.54) is 12.1 Å². The summed E-state index contributed by atoms with van der Waals surface area (Å²) >= 11 is 0. The van der Waals surface area contributed by atoms with Crippen molar-refractivity contribution in [2.24, 2.45) is 0 Å². The van der Waals surface area contributed by atoms with Gasteiger partial charge < -0.3 is 10.3 Å². The Labute approximate surface area is 154 Å². The molecule has 3 aromatic carbocycles. The van der Waals surface area contributed by atoms with E-state index in [4.69, 9.17) is 0 Å². The van der Waals surface area contributed by atoms with Gasteiger partial charge in [0.1, 0.15) is 0 Å². The van der Waals surface area contributed by atoms with Crippen LogP contribution in [0.25, 0.3) is 10.9 Å². The Hall–Kier alpha value is -3.21. The van der Waals surface area contributed by atoms with Crippen molar-refractivity contribution in [2.75, 3.05) is 5.32 Å². The van der Waals surface area contributed by atoms with Gasteiger partial charge in [0.05, 0.1) is 11.6 Å². The summed E-state index contributed by atoms with van der Waals surface area (Å²) in [5.74, 6) is 0. The molecule has 0 amide bonds. The SMILES string of the molecule is FC(F)(F)c1ccc(C(Nc2ccccc2)c2c[nH]c3ccccc23)cc1. The minimum Gasteiger partial charge on any atom is -0.374 e. The molecule has 0 radical (unpaired) electrons. The van der Waals surface area contributed by atoms with Crippen LogP contribution in [0, 0.1) is 0 Å². The van der Waals surface area contributed by atoms with Gasteiger partial charge in [-0.2, -0.15) is 13.2 Å². The number of aromatic amines is 1. The number of para-hydroxylation sites is 2. The van der Waals surface area contributed by atoms with Gasteiger partial charge in [0.2, 0.25) is 0 Å². The third kappa shape index (κ3) is 3.53. The normalized spacial score (nSPS) is 12.9. The van der Waals surface area contributed by atoms with Crippen molar-refractivity contribution in [1.82, 2.24) is 4.98 Å². The molecule has 5 heteroatoms. The molecule has 4 rings (SSSR count). The lowest BCUT2D eigenvalue weighted by molar-refractivity contribution is -0.137. The van der Waals surface area contributed by atoms with E-state index in [1.807, 2.05) is 60.8 Å². The molecule has 0 aliphatic carbocycles. The van der Waals surface area contributed by atoms with Crippen LogP contribution in [-0.2, 0) is 6.18 Å². The second-order valence-electron chi connectivity index (χ2n) is 6.35. The summed E-state index contributed by atoms with van der Waals surface area (Å²) in [4.78, 5) is 3.24. The van der Waals surface area contributed by atoms with Crippen LogP contribution >= 0.6 is 0 Å². The third-order valence-corrected chi connectivity index (χ3v) is 4.59. The van der Waals surface area contributed by atoms with Crippen LogP contribution in [0.1, 0.15) is 22.7 Å². The molecule has 27 heavy (non-hydrogen) atoms. The van der Waals surface area contributed by atoms with Gasteiger partial charge in [0, 0.05) is 28.4 Å². The van der Waals surface area contributed by atoms with Gasteiger partial charge >= 0.3 is 6.18 Å². The predicted octanol–water partition coefficient (Wildman–Crippen LogP) is 6.39. The molecule has 0 bridgehead atoms. The minimum absolute atomic E-state index is 0.286. The Morgan fingerprint density at radius 2 is 1.44 bits per heavy atom. The maximum atomic E-state index is 12.9. The Morgan fingerprint density at radius 1 is 0.778 bits per heavy atom. The number of hydrogen-bond donors (Lipinski definition) is 2. The molecule has 1 aromatic heterocycles. The molecule has 0 aliphatic rings. The summed E-state index contributed by atoms with van der Waals surface area (Å²) in [6.07, 6.45) is -2.44. The quantitative estimate of drug-likeness (QED) is 0.430. The van der Waals surface area contributed by atoms with E-state index in [0.29, 0.717) is 0 Å². The van der Waals surface area contributed by atoms with Crippen LogP contribution in [0.5, 0.6) is 0 Å². The number of anilines is 1. The van der Waals surface area contributed by atoms with E-state index < -0.39 is 11.7 Å². The third-order valence-electron chi connectivity index (χ3n) is 4.59. The largest absolute Gasteiger partial charge is 0.416 e. The zero-order valence-corrected chi connectivity index (χ0v) is 14.3. The zero-order chi connectivity index (χ0) is 18.9. The fourth-order valence-corrected chi connectivity index (χ4v) is 3.24. The Kier molecular flexibility index (Phi) is 4.36. The van der Waals surface area contributed by atoms with E-state index in [-0.39, 0.29) is 6.04 Å². The highest BCUT2D eigenvalue weighted by Crippen LogP contribution is 2.34. The van der Waals surface area contributed by atoms with E-state index in [0.717, 1.165) is 39.8 Å². The first kappa shape index (κ1) is 17.2. The maximum Gasteiger partial charge on any atom is 0.416 e. The van der Waals surface area contributed by atoms with Gasteiger partial charge in [-0.1, -0.05) is 48.5 Å². The highest BCUT2D eigenvalue weighted by molar-refractivity contribution is 5.84. The van der Waals surface area contributed by atoms with Gasteiger partial charge in [-0.25, -0.2) is 0 Å². The first-order valence-corrected chi connectivity index (χ1v) is 8.57. The summed E-state index contributed by atoms with van der Waals surface area (Å²) in [5.41, 5.74) is 2.97. The molecule has 2 N–H and O–H groups in total. The minimum atomic E-state index is -4.35. The number of benzene rings is 3. The smallest absolute Gasteiger partial charge is 0.374 e. The van der Waals surface area contributed by atoms with E-state index in [9.17, 15) is 13.2 Å². The van der Waals surface area contributed by atoms with Gasteiger partial charge in [-0.15, -0.1) is 0 Å². The van der Waals surface area contributed by atoms with Crippen LogP contribution in [-0.4, -0.2) is 4.98 Å². The lowest BCUT2D eigenvalue weighted by atomic mass is 9.96. The number of H-pyrrole nitrogens is 1. The van der Waals surface area contributed by atoms with Gasteiger partial charge in [0.15, 0.2) is 0 Å². The first-order chi connectivity index (χ1) is 13.0. The fourth-order valence-electron chi connectivity index (χ4n) is 3.24. The molecule has 0 spiro atoms. The fraction of sp³-hybridized carbons (Fsp3) is 0.0909. The van der Waals surface area contributed by atoms with Crippen LogP contribution < -0.4 is 5.32 Å². The molecular weight excluding hydrogens is 349 g/mol. The van der Waals surface area contributed by atoms with Gasteiger partial charge in [-0.3, -0.25) is 0 Å². The Bertz CT molecular complexity index is 1030. The second-order valence-corrected chi connectivity index (χ2v) is 6.35. The number of halogens is 3. The number of alkyl halides is 3. The molecule has 4 aromatic rings. The molecule has 2 nitrogen and oxygen atoms in total. The summed E-state index contributed by atoms with van der Waals surface area (Å²) in [5, 5.41) is 4.48. The average molecular weight is 366 g/mol. The van der Waals surface area contributed by atoms with Crippen LogP contribution in [0.4, 0.5) is 18.9 Å². The highest BCUT2D eigenvalue weighted by atomic mass is 19.4. The Morgan fingerprint density at radius 3 is 2.15 bits per heavy atom. The zero-order valence-electron chi connectivity index (χ0n) is 14.3. The molecule has 1 atom stereocenters. The second kappa shape index (κ2) is 6.83. The molecule has 0 fully saturated rings. The van der Waals surface area contributed by atoms with Crippen LogP contribution in [0.15, 0.2) is 85.1 Å². The molecule has 1 heterocycles. The van der Waals surface area contributed by atoms with Crippen LogP contribution in [0.2, 0.25) is 0 Å². The standard InChI is InChI=1S/C22H17F3N2/c23-22(24,25)16-12-10-15(11-13-16)21(27-17-6-2-1-3-7-17)19-14-26-20-9-5-4-8-18(19)20/h1-14,21,26-27H. The van der Waals surface area contributed by atoms with Crippen molar-refractivity contribution in [3.63, 3.8) is 0 Å². The van der Waals surface area contributed by atoms with Crippen molar-refractivity contribution in [1.29, 1.82) is 0 Å². The summed E-state index contributed by atoms with van der Waals surface area (Å²) in [6, 6.07) is 22.5. The predicted molar refractivity (Wildman–Crippen MR) is 102 cm³/mol. The number of rotatable bonds is 4. The van der Waals surface area contributed by atoms with Gasteiger partial charge in [-0.05, 0) is 35.9 Å². The first-order valence-electron chi connectivity index (χ1n) is 8.57.